The second kappa shape index (κ2) is 5.42. The van der Waals surface area contributed by atoms with E-state index in [1.54, 1.807) is 13.8 Å². The summed E-state index contributed by atoms with van der Waals surface area (Å²) in [5.74, 6) is 1.36. The molecule has 0 radical (unpaired) electrons. The monoisotopic (exact) mass is 263 g/mol. The van der Waals surface area contributed by atoms with Crippen LogP contribution in [0.2, 0.25) is 0 Å². The summed E-state index contributed by atoms with van der Waals surface area (Å²) in [7, 11) is 1.30. The van der Waals surface area contributed by atoms with E-state index in [0.717, 1.165) is 0 Å². The van der Waals surface area contributed by atoms with Crippen LogP contribution in [0.15, 0.2) is 10.7 Å². The number of rotatable bonds is 4. The Bertz CT molecular complexity index is 596. The molecule has 0 atom stereocenters. The Kier molecular flexibility index (Phi) is 3.69. The van der Waals surface area contributed by atoms with Gasteiger partial charge in [0.15, 0.2) is 5.82 Å². The first-order valence-electron chi connectivity index (χ1n) is 5.55. The highest BCUT2D eigenvalue weighted by atomic mass is 16.5. The van der Waals surface area contributed by atoms with Crippen LogP contribution in [-0.2, 0) is 11.3 Å². The number of aryl methyl sites for hydroxylation is 2. The lowest BCUT2D eigenvalue weighted by atomic mass is 10.3. The topological polar surface area (TPSA) is 103 Å². The van der Waals surface area contributed by atoms with Crippen molar-refractivity contribution in [3.63, 3.8) is 0 Å². The lowest BCUT2D eigenvalue weighted by Gasteiger charge is -2.08. The fourth-order valence-corrected chi connectivity index (χ4v) is 1.44. The number of hydrogen-bond donors (Lipinski definition) is 1. The molecule has 0 saturated heterocycles. The van der Waals surface area contributed by atoms with Crippen LogP contribution in [0.5, 0.6) is 0 Å². The summed E-state index contributed by atoms with van der Waals surface area (Å²) in [5, 5.41) is 6.70. The molecule has 0 unspecified atom stereocenters. The van der Waals surface area contributed by atoms with E-state index in [9.17, 15) is 4.79 Å². The van der Waals surface area contributed by atoms with Crippen molar-refractivity contribution < 1.29 is 14.1 Å². The Morgan fingerprint density at radius 3 is 2.84 bits per heavy atom. The number of aromatic nitrogens is 4. The molecule has 100 valence electrons. The van der Waals surface area contributed by atoms with Gasteiger partial charge in [0, 0.05) is 13.1 Å². The van der Waals surface area contributed by atoms with Gasteiger partial charge in [-0.15, -0.1) is 0 Å². The van der Waals surface area contributed by atoms with E-state index in [0.29, 0.717) is 23.4 Å². The van der Waals surface area contributed by atoms with E-state index < -0.39 is 5.97 Å². The van der Waals surface area contributed by atoms with E-state index >= 15 is 0 Å². The van der Waals surface area contributed by atoms with Crippen molar-refractivity contribution in [3.8, 4) is 0 Å². The molecule has 2 heterocycles. The fraction of sp³-hybridized carbons (Fsp3) is 0.364. The zero-order valence-electron chi connectivity index (χ0n) is 10.8. The zero-order chi connectivity index (χ0) is 13.8. The SMILES string of the molecule is COC(=O)c1cnc(C)nc1NCc1noc(C)n1. The third-order valence-corrected chi connectivity index (χ3v) is 2.30. The normalized spacial score (nSPS) is 10.3. The Morgan fingerprint density at radius 2 is 2.21 bits per heavy atom. The number of anilines is 1. The predicted molar refractivity (Wildman–Crippen MR) is 64.5 cm³/mol. The highest BCUT2D eigenvalue weighted by Crippen LogP contribution is 2.13. The first-order chi connectivity index (χ1) is 9.10. The van der Waals surface area contributed by atoms with Gasteiger partial charge in [-0.25, -0.2) is 14.8 Å². The number of esters is 1. The number of nitrogens with zero attached hydrogens (tertiary/aromatic N) is 4. The summed E-state index contributed by atoms with van der Waals surface area (Å²) < 4.78 is 9.51. The number of nitrogens with one attached hydrogen (secondary N) is 1. The summed E-state index contributed by atoms with van der Waals surface area (Å²) in [6, 6.07) is 0. The maximum atomic E-state index is 11.6. The Labute approximate surface area is 109 Å². The molecule has 0 aliphatic rings. The third kappa shape index (κ3) is 3.03. The second-order valence-corrected chi connectivity index (χ2v) is 3.75. The number of carbonyl (C=O) groups excluding carboxylic acids is 1. The van der Waals surface area contributed by atoms with Gasteiger partial charge in [-0.05, 0) is 6.92 Å². The first-order valence-corrected chi connectivity index (χ1v) is 5.55. The molecule has 8 heteroatoms. The lowest BCUT2D eigenvalue weighted by molar-refractivity contribution is 0.0601. The maximum Gasteiger partial charge on any atom is 0.343 e. The van der Waals surface area contributed by atoms with Crippen molar-refractivity contribution in [2.24, 2.45) is 0 Å². The van der Waals surface area contributed by atoms with Gasteiger partial charge in [-0.1, -0.05) is 5.16 Å². The molecule has 0 aliphatic carbocycles. The average molecular weight is 263 g/mol. The van der Waals surface area contributed by atoms with Gasteiger partial charge in [0.2, 0.25) is 5.89 Å². The highest BCUT2D eigenvalue weighted by molar-refractivity contribution is 5.94. The average Bonchev–Trinajstić information content (AvgIpc) is 2.81. The molecule has 0 bridgehead atoms. The van der Waals surface area contributed by atoms with Crippen LogP contribution in [0, 0.1) is 13.8 Å². The summed E-state index contributed by atoms with van der Waals surface area (Å²) >= 11 is 0. The lowest BCUT2D eigenvalue weighted by Crippen LogP contribution is -2.12. The standard InChI is InChI=1S/C11H13N5O3/c1-6-12-4-8(11(17)18-3)10(14-6)13-5-9-15-7(2)19-16-9/h4H,5H2,1-3H3,(H,12,13,14). The molecule has 1 N–H and O–H groups in total. The van der Waals surface area contributed by atoms with Gasteiger partial charge in [-0.3, -0.25) is 0 Å². The number of ether oxygens (including phenoxy) is 1. The number of hydrogen-bond acceptors (Lipinski definition) is 8. The van der Waals surface area contributed by atoms with Crippen LogP contribution in [0.3, 0.4) is 0 Å². The molecular formula is C11H13N5O3. The molecule has 0 fully saturated rings. The van der Waals surface area contributed by atoms with E-state index in [4.69, 9.17) is 4.52 Å². The van der Waals surface area contributed by atoms with Gasteiger partial charge >= 0.3 is 5.97 Å². The zero-order valence-corrected chi connectivity index (χ0v) is 10.8. The Balaban J connectivity index is 2.18. The Morgan fingerprint density at radius 1 is 1.42 bits per heavy atom. The van der Waals surface area contributed by atoms with Gasteiger partial charge in [0.25, 0.3) is 0 Å². The predicted octanol–water partition coefficient (Wildman–Crippen LogP) is 0.875. The molecule has 0 aliphatic heterocycles. The minimum Gasteiger partial charge on any atom is -0.465 e. The molecule has 0 amide bonds. The summed E-state index contributed by atoms with van der Waals surface area (Å²) in [4.78, 5) is 23.7. The van der Waals surface area contributed by atoms with Crippen molar-refractivity contribution in [1.82, 2.24) is 20.1 Å². The van der Waals surface area contributed by atoms with Gasteiger partial charge < -0.3 is 14.6 Å². The van der Waals surface area contributed by atoms with Gasteiger partial charge in [0.05, 0.1) is 13.7 Å². The van der Waals surface area contributed by atoms with Crippen LogP contribution in [0.1, 0.15) is 27.9 Å². The molecule has 19 heavy (non-hydrogen) atoms. The van der Waals surface area contributed by atoms with Gasteiger partial charge in [0.1, 0.15) is 17.2 Å². The summed E-state index contributed by atoms with van der Waals surface area (Å²) in [6.07, 6.45) is 1.41. The highest BCUT2D eigenvalue weighted by Gasteiger charge is 2.14. The maximum absolute atomic E-state index is 11.6. The molecule has 0 spiro atoms. The van der Waals surface area contributed by atoms with Crippen molar-refractivity contribution in [1.29, 1.82) is 0 Å². The van der Waals surface area contributed by atoms with Crippen LogP contribution < -0.4 is 5.32 Å². The van der Waals surface area contributed by atoms with Crippen LogP contribution in [0.25, 0.3) is 0 Å². The quantitative estimate of drug-likeness (QED) is 0.810. The van der Waals surface area contributed by atoms with E-state index in [1.807, 2.05) is 0 Å². The van der Waals surface area contributed by atoms with E-state index in [2.05, 4.69) is 30.2 Å². The largest absolute Gasteiger partial charge is 0.465 e. The number of methoxy groups -OCH3 is 1. The second-order valence-electron chi connectivity index (χ2n) is 3.75. The minimum absolute atomic E-state index is 0.258. The molecule has 0 saturated carbocycles. The summed E-state index contributed by atoms with van der Waals surface area (Å²) in [5.41, 5.74) is 0.258. The molecule has 2 aromatic heterocycles. The van der Waals surface area contributed by atoms with E-state index in [-0.39, 0.29) is 12.1 Å². The van der Waals surface area contributed by atoms with E-state index in [1.165, 1.54) is 13.3 Å². The molecule has 2 aromatic rings. The summed E-state index contributed by atoms with van der Waals surface area (Å²) in [6.45, 7) is 3.72. The van der Waals surface area contributed by atoms with Crippen LogP contribution >= 0.6 is 0 Å². The molecule has 8 nitrogen and oxygen atoms in total. The first kappa shape index (κ1) is 12.9. The fourth-order valence-electron chi connectivity index (χ4n) is 1.44. The van der Waals surface area contributed by atoms with Crippen LogP contribution in [-0.4, -0.2) is 33.2 Å². The smallest absolute Gasteiger partial charge is 0.343 e. The third-order valence-electron chi connectivity index (χ3n) is 2.30. The Hall–Kier alpha value is -2.51. The van der Waals surface area contributed by atoms with Gasteiger partial charge in [-0.2, -0.15) is 4.98 Å². The minimum atomic E-state index is -0.508. The van der Waals surface area contributed by atoms with Crippen molar-refractivity contribution in [2.75, 3.05) is 12.4 Å². The van der Waals surface area contributed by atoms with Crippen LogP contribution in [0.4, 0.5) is 5.82 Å². The van der Waals surface area contributed by atoms with Crippen molar-refractivity contribution >= 4 is 11.8 Å². The number of carbonyl (C=O) groups is 1. The van der Waals surface area contributed by atoms with Crippen molar-refractivity contribution in [3.05, 3.63) is 29.3 Å². The molecular weight excluding hydrogens is 250 g/mol. The van der Waals surface area contributed by atoms with Crippen molar-refractivity contribution in [2.45, 2.75) is 20.4 Å². The molecule has 2 rings (SSSR count). The molecule has 0 aromatic carbocycles.